The summed E-state index contributed by atoms with van der Waals surface area (Å²) in [4.78, 5) is 22.0. The van der Waals surface area contributed by atoms with Crippen molar-refractivity contribution >= 4 is 5.97 Å². The highest BCUT2D eigenvalue weighted by Gasteiger charge is 2.70. The number of carboxylic acid groups (broad SMARTS) is 1. The molecule has 1 saturated carbocycles. The summed E-state index contributed by atoms with van der Waals surface area (Å²) in [6, 6.07) is 0. The Balaban J connectivity index is 2.40. The van der Waals surface area contributed by atoms with E-state index >= 15 is 0 Å². The summed E-state index contributed by atoms with van der Waals surface area (Å²) >= 11 is 0. The Morgan fingerprint density at radius 2 is 2.14 bits per heavy atom. The molecule has 0 amide bonds. The van der Waals surface area contributed by atoms with Crippen molar-refractivity contribution in [1.29, 1.82) is 0 Å². The third-order valence-corrected chi connectivity index (χ3v) is 5.76. The molecule has 0 bridgehead atoms. The van der Waals surface area contributed by atoms with E-state index in [0.29, 0.717) is 6.42 Å². The summed E-state index contributed by atoms with van der Waals surface area (Å²) in [6.07, 6.45) is 4.58. The Bertz CT molecular complexity index is 487. The number of carbonyl (C=O) groups is 1. The number of nitro groups is 1. The molecular weight excluding hydrogens is 270 g/mol. The summed E-state index contributed by atoms with van der Waals surface area (Å²) in [5.41, 5.74) is 0.623. The number of fused-ring (bicyclic) bond motifs is 1. The van der Waals surface area contributed by atoms with Crippen LogP contribution in [0.4, 0.5) is 0 Å². The number of nitrogens with zero attached hydrogens (tertiary/aromatic N) is 1. The summed E-state index contributed by atoms with van der Waals surface area (Å²) in [5, 5.41) is 20.3. The van der Waals surface area contributed by atoms with E-state index < -0.39 is 11.4 Å². The van der Waals surface area contributed by atoms with E-state index in [2.05, 4.69) is 33.8 Å². The van der Waals surface area contributed by atoms with Crippen LogP contribution in [0.3, 0.4) is 0 Å². The Kier molecular flexibility index (Phi) is 3.67. The lowest BCUT2D eigenvalue weighted by Crippen LogP contribution is -2.62. The van der Waals surface area contributed by atoms with Gasteiger partial charge in [-0.25, -0.2) is 0 Å². The van der Waals surface area contributed by atoms with Gasteiger partial charge in [-0.05, 0) is 36.0 Å². The predicted molar refractivity (Wildman–Crippen MR) is 79.5 cm³/mol. The van der Waals surface area contributed by atoms with Crippen LogP contribution in [0.25, 0.3) is 0 Å². The zero-order valence-corrected chi connectivity index (χ0v) is 13.3. The van der Waals surface area contributed by atoms with Crippen LogP contribution < -0.4 is 0 Å². The van der Waals surface area contributed by atoms with E-state index in [1.807, 2.05) is 0 Å². The normalized spacial score (nSPS) is 34.9. The van der Waals surface area contributed by atoms with Gasteiger partial charge in [0.1, 0.15) is 0 Å². The number of hydrogen-bond acceptors (Lipinski definition) is 3. The first-order valence-electron chi connectivity index (χ1n) is 7.59. The van der Waals surface area contributed by atoms with Gasteiger partial charge in [0, 0.05) is 4.92 Å². The summed E-state index contributed by atoms with van der Waals surface area (Å²) in [7, 11) is 0. The van der Waals surface area contributed by atoms with Gasteiger partial charge in [-0.1, -0.05) is 39.3 Å². The minimum Gasteiger partial charge on any atom is -0.481 e. The van der Waals surface area contributed by atoms with Crippen molar-refractivity contribution in [3.63, 3.8) is 0 Å². The SMILES string of the molecule is CCC1=CC2C(CC(=O)O)(C[N+](=O)[O-])CC2(C(C)(C)C)C1. The van der Waals surface area contributed by atoms with Gasteiger partial charge in [-0.2, -0.15) is 0 Å². The summed E-state index contributed by atoms with van der Waals surface area (Å²) < 4.78 is 0. The Morgan fingerprint density at radius 3 is 2.57 bits per heavy atom. The highest BCUT2D eigenvalue weighted by molar-refractivity contribution is 5.68. The molecule has 5 heteroatoms. The maximum atomic E-state index is 11.2. The zero-order chi connectivity index (χ0) is 16.1. The van der Waals surface area contributed by atoms with E-state index in [9.17, 15) is 20.0 Å². The van der Waals surface area contributed by atoms with Crippen LogP contribution in [-0.2, 0) is 4.79 Å². The van der Waals surface area contributed by atoms with Crippen molar-refractivity contribution in [2.45, 2.75) is 53.4 Å². The van der Waals surface area contributed by atoms with Gasteiger partial charge in [0.05, 0.1) is 11.8 Å². The molecule has 2 aliphatic carbocycles. The van der Waals surface area contributed by atoms with Gasteiger partial charge >= 0.3 is 5.97 Å². The van der Waals surface area contributed by atoms with Crippen LogP contribution in [0, 0.1) is 32.3 Å². The molecule has 5 nitrogen and oxygen atoms in total. The lowest BCUT2D eigenvalue weighted by molar-refractivity contribution is -0.510. The van der Waals surface area contributed by atoms with Gasteiger partial charge in [-0.3, -0.25) is 14.9 Å². The van der Waals surface area contributed by atoms with Crippen LogP contribution in [0.2, 0.25) is 0 Å². The van der Waals surface area contributed by atoms with E-state index in [-0.39, 0.29) is 34.6 Å². The molecule has 0 aromatic rings. The molecule has 0 aromatic carbocycles. The van der Waals surface area contributed by atoms with Gasteiger partial charge in [-0.15, -0.1) is 0 Å². The molecule has 2 aliphatic rings. The predicted octanol–water partition coefficient (Wildman–Crippen LogP) is 3.52. The Morgan fingerprint density at radius 1 is 1.52 bits per heavy atom. The minimum atomic E-state index is -0.933. The summed E-state index contributed by atoms with van der Waals surface area (Å²) in [5.74, 6) is -0.917. The first-order chi connectivity index (χ1) is 9.56. The van der Waals surface area contributed by atoms with Crippen LogP contribution in [0.5, 0.6) is 0 Å². The molecule has 0 aliphatic heterocycles. The highest BCUT2D eigenvalue weighted by atomic mass is 16.6. The molecule has 2 rings (SSSR count). The molecular formula is C16H25NO4. The summed E-state index contributed by atoms with van der Waals surface area (Å²) in [6.45, 7) is 8.37. The van der Waals surface area contributed by atoms with Crippen molar-refractivity contribution in [2.24, 2.45) is 22.2 Å². The van der Waals surface area contributed by atoms with Crippen molar-refractivity contribution in [3.05, 3.63) is 21.8 Å². The molecule has 1 fully saturated rings. The van der Waals surface area contributed by atoms with Crippen molar-refractivity contribution in [3.8, 4) is 0 Å². The third kappa shape index (κ3) is 2.36. The number of allylic oxidation sites excluding steroid dienone is 2. The van der Waals surface area contributed by atoms with Crippen molar-refractivity contribution in [1.82, 2.24) is 0 Å². The maximum absolute atomic E-state index is 11.2. The van der Waals surface area contributed by atoms with Crippen LogP contribution in [-0.4, -0.2) is 22.5 Å². The fraction of sp³-hybridized carbons (Fsp3) is 0.812. The highest BCUT2D eigenvalue weighted by Crippen LogP contribution is 2.73. The molecule has 0 aromatic heterocycles. The quantitative estimate of drug-likeness (QED) is 0.478. The van der Waals surface area contributed by atoms with E-state index in [1.165, 1.54) is 5.57 Å². The van der Waals surface area contributed by atoms with E-state index in [4.69, 9.17) is 0 Å². The Labute approximate surface area is 125 Å². The average molecular weight is 295 g/mol. The average Bonchev–Trinajstić information content (AvgIpc) is 2.61. The number of aliphatic carboxylic acids is 1. The third-order valence-electron chi connectivity index (χ3n) is 5.76. The van der Waals surface area contributed by atoms with Crippen molar-refractivity contribution in [2.75, 3.05) is 6.54 Å². The van der Waals surface area contributed by atoms with Crippen molar-refractivity contribution < 1.29 is 14.8 Å². The topological polar surface area (TPSA) is 80.4 Å². The number of carboxylic acids is 1. The van der Waals surface area contributed by atoms with Gasteiger partial charge in [0.25, 0.3) is 0 Å². The molecule has 21 heavy (non-hydrogen) atoms. The lowest BCUT2D eigenvalue weighted by atomic mass is 9.39. The molecule has 1 N–H and O–H groups in total. The largest absolute Gasteiger partial charge is 0.481 e. The van der Waals surface area contributed by atoms with Crippen LogP contribution in [0.15, 0.2) is 11.6 Å². The number of hydrogen-bond donors (Lipinski definition) is 1. The first-order valence-corrected chi connectivity index (χ1v) is 7.59. The molecule has 0 spiro atoms. The second-order valence-corrected chi connectivity index (χ2v) is 7.84. The van der Waals surface area contributed by atoms with E-state index in [0.717, 1.165) is 12.8 Å². The Hall–Kier alpha value is -1.39. The molecule has 3 unspecified atom stereocenters. The molecule has 0 heterocycles. The van der Waals surface area contributed by atoms with E-state index in [1.54, 1.807) is 0 Å². The first kappa shape index (κ1) is 16.0. The second-order valence-electron chi connectivity index (χ2n) is 7.84. The van der Waals surface area contributed by atoms with Gasteiger partial charge < -0.3 is 5.11 Å². The molecule has 0 radical (unpaired) electrons. The van der Waals surface area contributed by atoms with Gasteiger partial charge in [0.15, 0.2) is 0 Å². The van der Waals surface area contributed by atoms with Gasteiger partial charge in [0.2, 0.25) is 6.54 Å². The van der Waals surface area contributed by atoms with Crippen LogP contribution in [0.1, 0.15) is 53.4 Å². The fourth-order valence-corrected chi connectivity index (χ4v) is 4.69. The standard InChI is InChI=1S/C16H25NO4/c1-5-11-6-12-15(8-13(18)19,10-17(20)21)9-16(12,7-11)14(2,3)4/h6,12H,5,7-10H2,1-4H3,(H,18,19). The fourth-order valence-electron chi connectivity index (χ4n) is 4.69. The maximum Gasteiger partial charge on any atom is 0.304 e. The smallest absolute Gasteiger partial charge is 0.304 e. The van der Waals surface area contributed by atoms with Crippen LogP contribution >= 0.6 is 0 Å². The molecule has 3 atom stereocenters. The lowest BCUT2D eigenvalue weighted by Gasteiger charge is -2.63. The monoisotopic (exact) mass is 295 g/mol. The molecule has 118 valence electrons. The minimum absolute atomic E-state index is 0.0101. The second kappa shape index (κ2) is 4.82. The molecule has 0 saturated heterocycles. The number of rotatable bonds is 5. The zero-order valence-electron chi connectivity index (χ0n) is 13.3.